The quantitative estimate of drug-likeness (QED) is 0.631. The fourth-order valence-electron chi connectivity index (χ4n) is 4.13. The van der Waals surface area contributed by atoms with Crippen LogP contribution < -0.4 is 10.6 Å². The van der Waals surface area contributed by atoms with E-state index in [4.69, 9.17) is 0 Å². The smallest absolute Gasteiger partial charge is 0.248 e. The van der Waals surface area contributed by atoms with Crippen molar-refractivity contribution in [1.29, 1.82) is 0 Å². The maximum absolute atomic E-state index is 14.0. The lowest BCUT2D eigenvalue weighted by Gasteiger charge is -2.31. The molecular formula is C24H28FN3O2S. The summed E-state index contributed by atoms with van der Waals surface area (Å²) in [4.78, 5) is 18.6. The first-order chi connectivity index (χ1) is 15.0. The molecule has 0 saturated carbocycles. The minimum Gasteiger partial charge on any atom is -0.391 e. The summed E-state index contributed by atoms with van der Waals surface area (Å²) in [5.41, 5.74) is 3.81. The fraction of sp³-hybridized carbons (Fsp3) is 0.417. The fourth-order valence-corrected chi connectivity index (χ4v) is 5.18. The zero-order valence-corrected chi connectivity index (χ0v) is 18.7. The van der Waals surface area contributed by atoms with E-state index in [0.29, 0.717) is 17.6 Å². The Morgan fingerprint density at radius 1 is 1.35 bits per heavy atom. The van der Waals surface area contributed by atoms with E-state index in [1.165, 1.54) is 17.4 Å². The average Bonchev–Trinajstić information content (AvgIpc) is 3.41. The third-order valence-corrected chi connectivity index (χ3v) is 7.28. The number of amides is 1. The number of piperidine rings is 1. The Kier molecular flexibility index (Phi) is 6.65. The summed E-state index contributed by atoms with van der Waals surface area (Å²) in [5, 5.41) is 17.1. The van der Waals surface area contributed by atoms with E-state index in [9.17, 15) is 14.3 Å². The van der Waals surface area contributed by atoms with Crippen molar-refractivity contribution in [2.45, 2.75) is 58.2 Å². The third-order valence-electron chi connectivity index (χ3n) is 6.06. The highest BCUT2D eigenvalue weighted by Crippen LogP contribution is 2.32. The van der Waals surface area contributed by atoms with Crippen LogP contribution in [0.1, 0.15) is 58.4 Å². The lowest BCUT2D eigenvalue weighted by atomic mass is 9.97. The molecule has 164 valence electrons. The van der Waals surface area contributed by atoms with Crippen molar-refractivity contribution in [3.8, 4) is 0 Å². The molecule has 2 aromatic rings. The highest BCUT2D eigenvalue weighted by atomic mass is 32.1. The zero-order chi connectivity index (χ0) is 22.0. The van der Waals surface area contributed by atoms with Gasteiger partial charge in [-0.1, -0.05) is 30.7 Å². The number of carbonyl (C=O) groups excluding carboxylic acids is 1. The number of aliphatic hydroxyl groups is 1. The Morgan fingerprint density at radius 2 is 2.19 bits per heavy atom. The second kappa shape index (κ2) is 9.42. The van der Waals surface area contributed by atoms with Crippen molar-refractivity contribution in [3.63, 3.8) is 0 Å². The van der Waals surface area contributed by atoms with Crippen molar-refractivity contribution in [3.05, 3.63) is 68.4 Å². The second-order valence-corrected chi connectivity index (χ2v) is 9.37. The van der Waals surface area contributed by atoms with Crippen LogP contribution in [0.2, 0.25) is 0 Å². The minimum atomic E-state index is -0.251. The van der Waals surface area contributed by atoms with Crippen molar-refractivity contribution >= 4 is 22.8 Å². The average molecular weight is 442 g/mol. The maximum Gasteiger partial charge on any atom is 0.248 e. The number of carbonyl (C=O) groups is 1. The topological polar surface area (TPSA) is 74.2 Å². The molecular weight excluding hydrogens is 413 g/mol. The normalized spacial score (nSPS) is 19.7. The van der Waals surface area contributed by atoms with Crippen molar-refractivity contribution in [2.75, 3.05) is 6.54 Å². The maximum atomic E-state index is 14.0. The number of nitrogens with zero attached hydrogens (tertiary/aromatic N) is 1. The van der Waals surface area contributed by atoms with Gasteiger partial charge in [0.25, 0.3) is 0 Å². The summed E-state index contributed by atoms with van der Waals surface area (Å²) in [6.45, 7) is 4.49. The molecule has 0 bridgehead atoms. The van der Waals surface area contributed by atoms with Crippen LogP contribution in [0.3, 0.4) is 0 Å². The molecule has 31 heavy (non-hydrogen) atoms. The lowest BCUT2D eigenvalue weighted by Crippen LogP contribution is -2.46. The molecule has 1 fully saturated rings. The van der Waals surface area contributed by atoms with Crippen LogP contribution in [0.25, 0.3) is 5.57 Å². The van der Waals surface area contributed by atoms with Gasteiger partial charge in [-0.2, -0.15) is 0 Å². The van der Waals surface area contributed by atoms with Crippen LogP contribution >= 0.6 is 11.3 Å². The molecule has 3 N–H and O–H groups in total. The molecule has 1 aliphatic heterocycles. The Bertz CT molecular complexity index is 1040. The van der Waals surface area contributed by atoms with Crippen molar-refractivity contribution < 1.29 is 14.3 Å². The van der Waals surface area contributed by atoms with Crippen LogP contribution in [-0.2, 0) is 11.4 Å². The van der Waals surface area contributed by atoms with Gasteiger partial charge in [-0.05, 0) is 56.0 Å². The number of aliphatic hydroxyl groups excluding tert-OH is 1. The number of aryl methyl sites for hydroxylation is 2. The van der Waals surface area contributed by atoms with Gasteiger partial charge in [-0.3, -0.25) is 4.79 Å². The Labute approximate surface area is 186 Å². The van der Waals surface area contributed by atoms with Crippen molar-refractivity contribution in [1.82, 2.24) is 15.6 Å². The molecule has 1 amide bonds. The molecule has 2 aliphatic rings. The van der Waals surface area contributed by atoms with Crippen LogP contribution in [0.15, 0.2) is 35.9 Å². The van der Waals surface area contributed by atoms with Crippen molar-refractivity contribution in [2.24, 2.45) is 0 Å². The van der Waals surface area contributed by atoms with Crippen LogP contribution in [0.4, 0.5) is 4.39 Å². The summed E-state index contributed by atoms with van der Waals surface area (Å²) < 4.78 is 14.0. The molecule has 0 radical (unpaired) electrons. The molecule has 5 nitrogen and oxygen atoms in total. The standard InChI is InChI=1S/C24H28FN3O2S/c1-14-6-7-17(12-19(14)25)16-8-9-18(11-16)23(30)28-22(20-5-3-4-10-26-20)24-27-15(2)21(13-29)31-24/h6-9,12,20,22,26,29H,3-5,10-11,13H2,1-2H3,(H,28,30). The molecule has 1 aromatic carbocycles. The Hall–Kier alpha value is -2.35. The Balaban J connectivity index is 1.49. The molecule has 1 aromatic heterocycles. The number of aromatic nitrogens is 1. The first-order valence-corrected chi connectivity index (χ1v) is 11.6. The zero-order valence-electron chi connectivity index (χ0n) is 17.9. The molecule has 1 saturated heterocycles. The monoisotopic (exact) mass is 441 g/mol. The van der Waals surface area contributed by atoms with E-state index < -0.39 is 0 Å². The number of hydrogen-bond acceptors (Lipinski definition) is 5. The predicted octanol–water partition coefficient (Wildman–Crippen LogP) is 4.10. The summed E-state index contributed by atoms with van der Waals surface area (Å²) in [6, 6.07) is 5.04. The highest BCUT2D eigenvalue weighted by Gasteiger charge is 2.30. The predicted molar refractivity (Wildman–Crippen MR) is 121 cm³/mol. The van der Waals surface area contributed by atoms with Gasteiger partial charge in [-0.15, -0.1) is 11.3 Å². The van der Waals surface area contributed by atoms with Crippen LogP contribution in [0.5, 0.6) is 0 Å². The largest absolute Gasteiger partial charge is 0.391 e. The van der Waals surface area contributed by atoms with Gasteiger partial charge >= 0.3 is 0 Å². The van der Waals surface area contributed by atoms with Gasteiger partial charge in [-0.25, -0.2) is 9.37 Å². The lowest BCUT2D eigenvalue weighted by molar-refractivity contribution is -0.118. The Morgan fingerprint density at radius 3 is 2.87 bits per heavy atom. The number of halogens is 1. The number of rotatable bonds is 6. The number of allylic oxidation sites excluding steroid dienone is 3. The molecule has 2 atom stereocenters. The van der Waals surface area contributed by atoms with Crippen LogP contribution in [0, 0.1) is 19.7 Å². The molecule has 2 unspecified atom stereocenters. The highest BCUT2D eigenvalue weighted by molar-refractivity contribution is 7.11. The van der Waals surface area contributed by atoms with Gasteiger partial charge in [0.1, 0.15) is 10.8 Å². The number of benzene rings is 1. The van der Waals surface area contributed by atoms with Gasteiger partial charge in [0.05, 0.1) is 23.2 Å². The van der Waals surface area contributed by atoms with E-state index in [1.807, 2.05) is 25.1 Å². The molecule has 7 heteroatoms. The first-order valence-electron chi connectivity index (χ1n) is 10.7. The summed E-state index contributed by atoms with van der Waals surface area (Å²) >= 11 is 1.46. The summed E-state index contributed by atoms with van der Waals surface area (Å²) in [5.74, 6) is -0.367. The molecule has 0 spiro atoms. The van der Waals surface area contributed by atoms with E-state index in [0.717, 1.165) is 52.5 Å². The van der Waals surface area contributed by atoms with Gasteiger partial charge < -0.3 is 15.7 Å². The second-order valence-electron chi connectivity index (χ2n) is 8.25. The van der Waals surface area contributed by atoms with Crippen LogP contribution in [-0.4, -0.2) is 28.6 Å². The van der Waals surface area contributed by atoms with Gasteiger partial charge in [0.15, 0.2) is 0 Å². The molecule has 2 heterocycles. The van der Waals surface area contributed by atoms with Gasteiger partial charge in [0.2, 0.25) is 5.91 Å². The third kappa shape index (κ3) is 4.79. The van der Waals surface area contributed by atoms with E-state index in [1.54, 1.807) is 13.0 Å². The first kappa shape index (κ1) is 21.9. The number of hydrogen-bond donors (Lipinski definition) is 3. The minimum absolute atomic E-state index is 0.0478. The summed E-state index contributed by atoms with van der Waals surface area (Å²) in [6.07, 6.45) is 7.38. The number of nitrogens with one attached hydrogen (secondary N) is 2. The molecule has 1 aliphatic carbocycles. The van der Waals surface area contributed by atoms with Gasteiger partial charge in [0, 0.05) is 18.0 Å². The molecule has 4 rings (SSSR count). The SMILES string of the molecule is Cc1ccc(C2=CC=C(C(=O)NC(c3nc(C)c(CO)s3)C3CCCCN3)C2)cc1F. The van der Waals surface area contributed by atoms with E-state index >= 15 is 0 Å². The van der Waals surface area contributed by atoms with E-state index in [2.05, 4.69) is 15.6 Å². The van der Waals surface area contributed by atoms with E-state index in [-0.39, 0.29) is 30.4 Å². The number of thiazole rings is 1. The summed E-state index contributed by atoms with van der Waals surface area (Å²) in [7, 11) is 0.